The maximum absolute atomic E-state index is 12.2. The molecule has 2 aromatic carbocycles. The molecule has 144 valence electrons. The summed E-state index contributed by atoms with van der Waals surface area (Å²) in [6, 6.07) is 14.6. The van der Waals surface area contributed by atoms with Gasteiger partial charge >= 0.3 is 5.97 Å². The molecule has 1 heterocycles. The van der Waals surface area contributed by atoms with E-state index in [0.29, 0.717) is 5.56 Å². The number of rotatable bonds is 6. The molecule has 8 nitrogen and oxygen atoms in total. The van der Waals surface area contributed by atoms with Crippen molar-refractivity contribution in [2.45, 2.75) is 0 Å². The highest BCUT2D eigenvalue weighted by Gasteiger charge is 2.15. The van der Waals surface area contributed by atoms with E-state index < -0.39 is 18.5 Å². The summed E-state index contributed by atoms with van der Waals surface area (Å²) in [6.07, 6.45) is 1.72. The number of carbonyl (C=O) groups excluding carboxylic acids is 3. The van der Waals surface area contributed by atoms with Crippen LogP contribution in [0.25, 0.3) is 16.7 Å². The summed E-state index contributed by atoms with van der Waals surface area (Å²) in [7, 11) is 2.95. The van der Waals surface area contributed by atoms with Crippen molar-refractivity contribution in [3.63, 3.8) is 0 Å². The molecule has 1 N–H and O–H groups in total. The van der Waals surface area contributed by atoms with Gasteiger partial charge in [-0.1, -0.05) is 12.1 Å². The van der Waals surface area contributed by atoms with E-state index in [1.54, 1.807) is 30.6 Å². The lowest BCUT2D eigenvalue weighted by molar-refractivity contribution is -0.137. The lowest BCUT2D eigenvalue weighted by atomic mass is 10.2. The quantitative estimate of drug-likeness (QED) is 0.652. The van der Waals surface area contributed by atoms with Crippen molar-refractivity contribution in [1.82, 2.24) is 19.8 Å². The molecule has 0 aliphatic rings. The molecule has 0 atom stereocenters. The number of aromatic nitrogens is 2. The second kappa shape index (κ2) is 8.34. The van der Waals surface area contributed by atoms with Gasteiger partial charge in [0.1, 0.15) is 6.33 Å². The first-order valence-corrected chi connectivity index (χ1v) is 8.64. The number of esters is 1. The van der Waals surface area contributed by atoms with Gasteiger partial charge in [0.25, 0.3) is 5.91 Å². The van der Waals surface area contributed by atoms with Crippen LogP contribution in [0.1, 0.15) is 10.4 Å². The van der Waals surface area contributed by atoms with Crippen LogP contribution in [0.5, 0.6) is 0 Å². The Morgan fingerprint density at radius 2 is 1.82 bits per heavy atom. The molecule has 0 unspecified atom stereocenters. The predicted molar refractivity (Wildman–Crippen MR) is 103 cm³/mol. The minimum atomic E-state index is -0.608. The highest BCUT2D eigenvalue weighted by atomic mass is 16.5. The van der Waals surface area contributed by atoms with Gasteiger partial charge < -0.3 is 15.0 Å². The summed E-state index contributed by atoms with van der Waals surface area (Å²) in [5.41, 5.74) is 3.02. The lowest BCUT2D eigenvalue weighted by Crippen LogP contribution is -2.39. The summed E-state index contributed by atoms with van der Waals surface area (Å²) in [5, 5.41) is 2.42. The van der Waals surface area contributed by atoms with E-state index in [2.05, 4.69) is 10.3 Å². The van der Waals surface area contributed by atoms with Crippen LogP contribution in [0.2, 0.25) is 0 Å². The van der Waals surface area contributed by atoms with Gasteiger partial charge in [-0.25, -0.2) is 9.78 Å². The van der Waals surface area contributed by atoms with Gasteiger partial charge in [0, 0.05) is 19.8 Å². The van der Waals surface area contributed by atoms with Crippen LogP contribution in [-0.4, -0.2) is 59.5 Å². The lowest BCUT2D eigenvalue weighted by Gasteiger charge is -2.15. The number of fused-ring (bicyclic) bond motifs is 1. The molecule has 0 spiro atoms. The molecule has 1 aromatic heterocycles. The van der Waals surface area contributed by atoms with Crippen molar-refractivity contribution in [3.05, 3.63) is 60.4 Å². The second-order valence-corrected chi connectivity index (χ2v) is 6.15. The number of hydrogen-bond donors (Lipinski definition) is 1. The molecule has 0 saturated heterocycles. The van der Waals surface area contributed by atoms with Crippen molar-refractivity contribution in [1.29, 1.82) is 0 Å². The van der Waals surface area contributed by atoms with Crippen molar-refractivity contribution in [3.8, 4) is 5.69 Å². The molecule has 8 heteroatoms. The van der Waals surface area contributed by atoms with Crippen LogP contribution in [0.4, 0.5) is 0 Å². The zero-order chi connectivity index (χ0) is 20.1. The molecule has 0 aliphatic heterocycles. The van der Waals surface area contributed by atoms with Crippen molar-refractivity contribution in [2.75, 3.05) is 27.2 Å². The van der Waals surface area contributed by atoms with E-state index >= 15 is 0 Å². The second-order valence-electron chi connectivity index (χ2n) is 6.15. The fraction of sp³-hybridized carbons (Fsp3) is 0.200. The summed E-state index contributed by atoms with van der Waals surface area (Å²) >= 11 is 0. The number of carbonyl (C=O) groups is 3. The molecular formula is C20H20N4O4. The molecule has 0 radical (unpaired) electrons. The SMILES string of the molecule is CNC(=O)CN(C)C(=O)COC(=O)c1ccc(-n2cnc3ccccc32)cc1. The minimum Gasteiger partial charge on any atom is -0.452 e. The molecule has 0 saturated carbocycles. The third-order valence-electron chi connectivity index (χ3n) is 4.25. The standard InChI is InChI=1S/C20H20N4O4/c1-21-18(25)11-23(2)19(26)12-28-20(27)14-7-9-15(10-8-14)24-13-22-16-5-3-4-6-17(16)24/h3-10,13H,11-12H2,1-2H3,(H,21,25). The highest BCUT2D eigenvalue weighted by Crippen LogP contribution is 2.18. The first kappa shape index (κ1) is 19.1. The third kappa shape index (κ3) is 4.17. The Labute approximate surface area is 161 Å². The third-order valence-corrected chi connectivity index (χ3v) is 4.25. The molecule has 0 aliphatic carbocycles. The summed E-state index contributed by atoms with van der Waals surface area (Å²) in [5.74, 6) is -1.37. The van der Waals surface area contributed by atoms with E-state index in [1.165, 1.54) is 19.0 Å². The minimum absolute atomic E-state index is 0.0968. The first-order valence-electron chi connectivity index (χ1n) is 8.64. The molecule has 0 fully saturated rings. The first-order chi connectivity index (χ1) is 13.5. The van der Waals surface area contributed by atoms with Crippen LogP contribution in [0.3, 0.4) is 0 Å². The number of nitrogens with zero attached hydrogens (tertiary/aromatic N) is 3. The average Bonchev–Trinajstić information content (AvgIpc) is 3.15. The van der Waals surface area contributed by atoms with E-state index in [9.17, 15) is 14.4 Å². The Hall–Kier alpha value is -3.68. The summed E-state index contributed by atoms with van der Waals surface area (Å²) in [4.78, 5) is 40.9. The Bertz CT molecular complexity index is 1010. The van der Waals surface area contributed by atoms with E-state index in [4.69, 9.17) is 4.74 Å². The number of imidazole rings is 1. The average molecular weight is 380 g/mol. The Kier molecular flexibility index (Phi) is 5.69. The monoisotopic (exact) mass is 380 g/mol. The number of benzene rings is 2. The zero-order valence-electron chi connectivity index (χ0n) is 15.6. The summed E-state index contributed by atoms with van der Waals surface area (Å²) in [6.45, 7) is -0.527. The topological polar surface area (TPSA) is 93.5 Å². The molecule has 3 aromatic rings. The van der Waals surface area contributed by atoms with Gasteiger partial charge in [-0.3, -0.25) is 14.2 Å². The van der Waals surface area contributed by atoms with Crippen LogP contribution in [-0.2, 0) is 14.3 Å². The van der Waals surface area contributed by atoms with Crippen molar-refractivity contribution in [2.24, 2.45) is 0 Å². The fourth-order valence-corrected chi connectivity index (χ4v) is 2.63. The maximum atomic E-state index is 12.2. The molecule has 2 amide bonds. The number of nitrogens with one attached hydrogen (secondary N) is 1. The molecule has 3 rings (SSSR count). The van der Waals surface area contributed by atoms with Gasteiger partial charge in [0.05, 0.1) is 23.1 Å². The van der Waals surface area contributed by atoms with Gasteiger partial charge in [0.2, 0.25) is 5.91 Å². The van der Waals surface area contributed by atoms with Crippen molar-refractivity contribution >= 4 is 28.8 Å². The predicted octanol–water partition coefficient (Wildman–Crippen LogP) is 1.39. The number of para-hydroxylation sites is 2. The van der Waals surface area contributed by atoms with Gasteiger partial charge in [0.15, 0.2) is 6.61 Å². The number of likely N-dealkylation sites (N-methyl/N-ethyl adjacent to an activating group) is 2. The Morgan fingerprint density at radius 1 is 1.11 bits per heavy atom. The number of amides is 2. The Morgan fingerprint density at radius 3 is 2.54 bits per heavy atom. The smallest absolute Gasteiger partial charge is 0.338 e. The number of hydrogen-bond acceptors (Lipinski definition) is 5. The van der Waals surface area contributed by atoms with Crippen molar-refractivity contribution < 1.29 is 19.1 Å². The van der Waals surface area contributed by atoms with E-state index in [0.717, 1.165) is 16.7 Å². The molecular weight excluding hydrogens is 360 g/mol. The highest BCUT2D eigenvalue weighted by molar-refractivity contribution is 5.92. The fourth-order valence-electron chi connectivity index (χ4n) is 2.63. The van der Waals surface area contributed by atoms with Crippen LogP contribution in [0.15, 0.2) is 54.9 Å². The maximum Gasteiger partial charge on any atom is 0.338 e. The van der Waals surface area contributed by atoms with Crippen LogP contribution in [0, 0.1) is 0 Å². The Balaban J connectivity index is 1.62. The molecule has 0 bridgehead atoms. The van der Waals surface area contributed by atoms with Gasteiger partial charge in [-0.15, -0.1) is 0 Å². The van der Waals surface area contributed by atoms with Gasteiger partial charge in [-0.05, 0) is 36.4 Å². The normalized spacial score (nSPS) is 10.5. The largest absolute Gasteiger partial charge is 0.452 e. The van der Waals surface area contributed by atoms with E-state index in [1.807, 2.05) is 28.8 Å². The molecule has 28 heavy (non-hydrogen) atoms. The van der Waals surface area contributed by atoms with E-state index in [-0.39, 0.29) is 12.5 Å². The zero-order valence-corrected chi connectivity index (χ0v) is 15.6. The van der Waals surface area contributed by atoms with Crippen LogP contribution >= 0.6 is 0 Å². The van der Waals surface area contributed by atoms with Crippen LogP contribution < -0.4 is 5.32 Å². The van der Waals surface area contributed by atoms with Gasteiger partial charge in [-0.2, -0.15) is 0 Å². The number of ether oxygens (including phenoxy) is 1. The summed E-state index contributed by atoms with van der Waals surface area (Å²) < 4.78 is 6.96.